The molecule has 0 radical (unpaired) electrons. The first-order valence-electron chi connectivity index (χ1n) is 4.26. The van der Waals surface area contributed by atoms with E-state index in [1.54, 1.807) is 0 Å². The Hall–Kier alpha value is -0.630. The molecule has 1 rings (SSSR count). The van der Waals surface area contributed by atoms with Gasteiger partial charge in [-0.1, -0.05) is 17.7 Å². The molecule has 0 N–H and O–H groups in total. The van der Waals surface area contributed by atoms with Gasteiger partial charge in [-0.15, -0.1) is 13.2 Å². The highest BCUT2D eigenvalue weighted by Crippen LogP contribution is 2.42. The molecule has 0 aliphatic rings. The highest BCUT2D eigenvalue weighted by Gasteiger charge is 2.40. The van der Waals surface area contributed by atoms with Crippen molar-refractivity contribution >= 4 is 27.5 Å². The predicted molar refractivity (Wildman–Crippen MR) is 55.9 cm³/mol. The maximum absolute atomic E-state index is 13.4. The minimum Gasteiger partial charge on any atom is -0.404 e. The third-order valence-electron chi connectivity index (χ3n) is 1.82. The molecule has 9 heteroatoms. The van der Waals surface area contributed by atoms with Gasteiger partial charge in [0.1, 0.15) is 5.75 Å². The van der Waals surface area contributed by atoms with Crippen molar-refractivity contribution in [3.8, 4) is 5.75 Å². The molecule has 0 aromatic heterocycles. The van der Waals surface area contributed by atoms with Gasteiger partial charge in [0.15, 0.2) is 0 Å². The molecule has 0 spiro atoms. The molecule has 1 nitrogen and oxygen atoms in total. The lowest BCUT2D eigenvalue weighted by atomic mass is 10.1. The van der Waals surface area contributed by atoms with Gasteiger partial charge in [-0.3, -0.25) is 0 Å². The molecule has 1 unspecified atom stereocenters. The second kappa shape index (κ2) is 5.16. The van der Waals surface area contributed by atoms with Crippen molar-refractivity contribution < 1.29 is 31.1 Å². The van der Waals surface area contributed by atoms with Gasteiger partial charge in [-0.2, -0.15) is 0 Å². The minimum absolute atomic E-state index is 0.614. The van der Waals surface area contributed by atoms with Crippen LogP contribution in [0.15, 0.2) is 18.2 Å². The van der Waals surface area contributed by atoms with Gasteiger partial charge in [0.05, 0.1) is 5.02 Å². The van der Waals surface area contributed by atoms with Gasteiger partial charge in [-0.25, -0.2) is 13.2 Å². The van der Waals surface area contributed by atoms with Crippen LogP contribution in [0.25, 0.3) is 0 Å². The number of hydrogen-bond acceptors (Lipinski definition) is 1. The summed E-state index contributed by atoms with van der Waals surface area (Å²) < 4.78 is 74.1. The summed E-state index contributed by atoms with van der Waals surface area (Å²) in [5, 5.41) is -0.632. The Morgan fingerprint density at radius 3 is 2.11 bits per heavy atom. The SMILES string of the molecule is FC(F)C(F)(Br)c1ccc(OC(F)(F)F)c(Cl)c1. The molecular formula is C9H4BrClF6O. The standard InChI is InChI=1S/C9H4BrClF6O/c10-8(14,7(12)13)4-1-2-6(5(11)3-4)18-9(15,16)17/h1-3,7H. The molecule has 0 bridgehead atoms. The number of ether oxygens (including phenoxy) is 1. The quantitative estimate of drug-likeness (QED) is 0.545. The molecule has 0 fully saturated rings. The molecule has 0 amide bonds. The van der Waals surface area contributed by atoms with E-state index in [0.717, 1.165) is 0 Å². The van der Waals surface area contributed by atoms with Crippen molar-refractivity contribution in [1.82, 2.24) is 0 Å². The van der Waals surface area contributed by atoms with Crippen molar-refractivity contribution in [2.45, 2.75) is 17.4 Å². The average Bonchev–Trinajstić information content (AvgIpc) is 2.18. The number of alkyl halides is 7. The molecule has 1 atom stereocenters. The smallest absolute Gasteiger partial charge is 0.404 e. The van der Waals surface area contributed by atoms with Crippen molar-refractivity contribution in [3.63, 3.8) is 0 Å². The summed E-state index contributed by atoms with van der Waals surface area (Å²) in [5.41, 5.74) is -0.614. The Balaban J connectivity index is 3.07. The van der Waals surface area contributed by atoms with Gasteiger partial charge in [0.25, 0.3) is 6.43 Å². The minimum atomic E-state index is -4.98. The predicted octanol–water partition coefficient (Wildman–Crippen LogP) is 5.02. The van der Waals surface area contributed by atoms with Crippen molar-refractivity contribution in [2.24, 2.45) is 0 Å². The zero-order chi connectivity index (χ0) is 14.1. The van der Waals surface area contributed by atoms with Crippen molar-refractivity contribution in [3.05, 3.63) is 28.8 Å². The lowest BCUT2D eigenvalue weighted by Crippen LogP contribution is -2.22. The second-order valence-corrected chi connectivity index (χ2v) is 4.68. The average molecular weight is 357 g/mol. The summed E-state index contributed by atoms with van der Waals surface area (Å²) in [6, 6.07) is 2.00. The molecule has 0 heterocycles. The number of hydrogen-bond donors (Lipinski definition) is 0. The molecule has 18 heavy (non-hydrogen) atoms. The van der Waals surface area contributed by atoms with Crippen LogP contribution in [0.1, 0.15) is 5.56 Å². The van der Waals surface area contributed by atoms with E-state index in [-0.39, 0.29) is 0 Å². The van der Waals surface area contributed by atoms with E-state index >= 15 is 0 Å². The number of rotatable bonds is 3. The van der Waals surface area contributed by atoms with E-state index in [1.807, 2.05) is 0 Å². The van der Waals surface area contributed by atoms with Crippen molar-refractivity contribution in [1.29, 1.82) is 0 Å². The van der Waals surface area contributed by atoms with Gasteiger partial charge in [0, 0.05) is 5.56 Å². The zero-order valence-electron chi connectivity index (χ0n) is 8.24. The summed E-state index contributed by atoms with van der Waals surface area (Å²) >= 11 is 7.53. The summed E-state index contributed by atoms with van der Waals surface area (Å²) in [6.45, 7) is 0. The molecular weight excluding hydrogens is 353 g/mol. The topological polar surface area (TPSA) is 9.23 Å². The Bertz CT molecular complexity index is 434. The zero-order valence-corrected chi connectivity index (χ0v) is 10.6. The lowest BCUT2D eigenvalue weighted by molar-refractivity contribution is -0.274. The molecule has 1 aromatic rings. The largest absolute Gasteiger partial charge is 0.573 e. The fourth-order valence-electron chi connectivity index (χ4n) is 1.04. The summed E-state index contributed by atoms with van der Waals surface area (Å²) in [7, 11) is 0. The lowest BCUT2D eigenvalue weighted by Gasteiger charge is -2.19. The van der Waals surface area contributed by atoms with Gasteiger partial charge in [-0.05, 0) is 28.1 Å². The van der Waals surface area contributed by atoms with Crippen LogP contribution in [0.4, 0.5) is 26.3 Å². The fourth-order valence-corrected chi connectivity index (χ4v) is 1.51. The van der Waals surface area contributed by atoms with E-state index in [1.165, 1.54) is 0 Å². The van der Waals surface area contributed by atoms with Crippen LogP contribution < -0.4 is 4.74 Å². The second-order valence-electron chi connectivity index (χ2n) is 3.12. The van der Waals surface area contributed by atoms with E-state index in [2.05, 4.69) is 20.7 Å². The Kier molecular flexibility index (Phi) is 4.42. The Labute approximate surface area is 111 Å². The fraction of sp³-hybridized carbons (Fsp3) is 0.333. The summed E-state index contributed by atoms with van der Waals surface area (Å²) in [4.78, 5) is 0. The van der Waals surface area contributed by atoms with Crippen LogP contribution in [-0.2, 0) is 4.58 Å². The normalized spacial score (nSPS) is 15.6. The first kappa shape index (κ1) is 15.4. The van der Waals surface area contributed by atoms with Gasteiger partial charge < -0.3 is 4.74 Å². The van der Waals surface area contributed by atoms with E-state index in [9.17, 15) is 26.3 Å². The molecule has 1 aromatic carbocycles. The van der Waals surface area contributed by atoms with E-state index < -0.39 is 33.7 Å². The van der Waals surface area contributed by atoms with Crippen LogP contribution in [-0.4, -0.2) is 12.8 Å². The third kappa shape index (κ3) is 3.68. The molecule has 0 aliphatic heterocycles. The maximum atomic E-state index is 13.4. The van der Waals surface area contributed by atoms with Crippen LogP contribution in [0, 0.1) is 0 Å². The molecule has 0 saturated carbocycles. The molecule has 0 aliphatic carbocycles. The van der Waals surface area contributed by atoms with Crippen molar-refractivity contribution in [2.75, 3.05) is 0 Å². The van der Waals surface area contributed by atoms with Crippen LogP contribution in [0.2, 0.25) is 5.02 Å². The number of halogens is 8. The molecule has 102 valence electrons. The first-order chi connectivity index (χ1) is 8.04. The maximum Gasteiger partial charge on any atom is 0.573 e. The molecule has 0 saturated heterocycles. The summed E-state index contributed by atoms with van der Waals surface area (Å²) in [5.74, 6) is -0.800. The van der Waals surface area contributed by atoms with Crippen LogP contribution in [0.5, 0.6) is 5.75 Å². The Morgan fingerprint density at radius 1 is 1.17 bits per heavy atom. The van der Waals surface area contributed by atoms with Gasteiger partial charge >= 0.3 is 6.36 Å². The van der Waals surface area contributed by atoms with E-state index in [0.29, 0.717) is 18.2 Å². The van der Waals surface area contributed by atoms with Crippen LogP contribution >= 0.6 is 27.5 Å². The highest BCUT2D eigenvalue weighted by atomic mass is 79.9. The number of benzene rings is 1. The van der Waals surface area contributed by atoms with Crippen LogP contribution in [0.3, 0.4) is 0 Å². The monoisotopic (exact) mass is 356 g/mol. The highest BCUT2D eigenvalue weighted by molar-refractivity contribution is 9.09. The third-order valence-corrected chi connectivity index (χ3v) is 2.92. The van der Waals surface area contributed by atoms with Gasteiger partial charge in [0.2, 0.25) is 4.58 Å². The summed E-state index contributed by atoms with van der Waals surface area (Å²) in [6.07, 6.45) is -8.39. The van der Waals surface area contributed by atoms with E-state index in [4.69, 9.17) is 11.6 Å². The Morgan fingerprint density at radius 2 is 1.72 bits per heavy atom. The first-order valence-corrected chi connectivity index (χ1v) is 5.43.